The lowest BCUT2D eigenvalue weighted by molar-refractivity contribution is 0.281. The van der Waals surface area contributed by atoms with Gasteiger partial charge in [-0.05, 0) is 30.3 Å². The Morgan fingerprint density at radius 3 is 2.62 bits per heavy atom. The second-order valence-electron chi connectivity index (χ2n) is 5.07. The van der Waals surface area contributed by atoms with E-state index in [1.807, 2.05) is 24.3 Å². The Morgan fingerprint density at radius 1 is 1.12 bits per heavy atom. The number of nitrogens with zero attached hydrogens (tertiary/aromatic N) is 1. The second kappa shape index (κ2) is 7.07. The lowest BCUT2D eigenvalue weighted by atomic mass is 10.0. The van der Waals surface area contributed by atoms with Crippen LogP contribution in [0.2, 0.25) is 0 Å². The molecule has 0 fully saturated rings. The van der Waals surface area contributed by atoms with Gasteiger partial charge < -0.3 is 19.1 Å². The molecule has 1 aromatic heterocycles. The van der Waals surface area contributed by atoms with E-state index in [1.54, 1.807) is 32.4 Å². The summed E-state index contributed by atoms with van der Waals surface area (Å²) in [4.78, 5) is 0. The van der Waals surface area contributed by atoms with Crippen LogP contribution in [0.3, 0.4) is 0 Å². The molecule has 2 aromatic carbocycles. The Morgan fingerprint density at radius 2 is 1.96 bits per heavy atom. The Labute approximate surface area is 147 Å². The predicted molar refractivity (Wildman–Crippen MR) is 94.1 cm³/mol. The molecular formula is C18H16BrNO4. The Bertz CT molecular complexity index is 860. The molecule has 0 saturated heterocycles. The first-order valence-corrected chi connectivity index (χ1v) is 8.05. The number of halogens is 1. The van der Waals surface area contributed by atoms with Crippen LogP contribution in [0.1, 0.15) is 5.56 Å². The van der Waals surface area contributed by atoms with E-state index in [2.05, 4.69) is 21.1 Å². The highest BCUT2D eigenvalue weighted by Gasteiger charge is 2.21. The fourth-order valence-corrected chi connectivity index (χ4v) is 2.92. The molecule has 0 spiro atoms. The topological polar surface area (TPSA) is 64.7 Å². The van der Waals surface area contributed by atoms with E-state index < -0.39 is 0 Å². The molecule has 0 bridgehead atoms. The van der Waals surface area contributed by atoms with Gasteiger partial charge in [0.25, 0.3) is 0 Å². The van der Waals surface area contributed by atoms with Crippen LogP contribution < -0.4 is 9.47 Å². The highest BCUT2D eigenvalue weighted by atomic mass is 79.9. The summed E-state index contributed by atoms with van der Waals surface area (Å²) in [5.74, 6) is 1.82. The molecule has 6 heteroatoms. The van der Waals surface area contributed by atoms with Crippen molar-refractivity contribution in [3.63, 3.8) is 0 Å². The summed E-state index contributed by atoms with van der Waals surface area (Å²) in [6.07, 6.45) is 0. The van der Waals surface area contributed by atoms with Crippen LogP contribution in [0.25, 0.3) is 22.6 Å². The van der Waals surface area contributed by atoms with E-state index in [0.717, 1.165) is 10.0 Å². The summed E-state index contributed by atoms with van der Waals surface area (Å²) < 4.78 is 17.1. The SMILES string of the molecule is COc1ccc(OC)c(-c2noc(-c3cccc(Br)c3)c2CO)c1. The quantitative estimate of drug-likeness (QED) is 0.705. The predicted octanol–water partition coefficient (Wildman–Crippen LogP) is 4.28. The smallest absolute Gasteiger partial charge is 0.173 e. The van der Waals surface area contributed by atoms with E-state index in [9.17, 15) is 5.11 Å². The zero-order valence-electron chi connectivity index (χ0n) is 13.2. The summed E-state index contributed by atoms with van der Waals surface area (Å²) in [7, 11) is 3.17. The Kier molecular flexibility index (Phi) is 4.87. The fraction of sp³-hybridized carbons (Fsp3) is 0.167. The molecule has 5 nitrogen and oxygen atoms in total. The number of aliphatic hydroxyl groups is 1. The van der Waals surface area contributed by atoms with Crippen LogP contribution in [-0.2, 0) is 6.61 Å². The molecule has 0 atom stereocenters. The highest BCUT2D eigenvalue weighted by molar-refractivity contribution is 9.10. The van der Waals surface area contributed by atoms with E-state index >= 15 is 0 Å². The van der Waals surface area contributed by atoms with Crippen LogP contribution in [0.15, 0.2) is 51.5 Å². The average Bonchev–Trinajstić information content (AvgIpc) is 3.05. The summed E-state index contributed by atoms with van der Waals surface area (Å²) in [5, 5.41) is 14.0. The number of ether oxygens (including phenoxy) is 2. The molecule has 3 aromatic rings. The van der Waals surface area contributed by atoms with Gasteiger partial charge in [0.1, 0.15) is 17.2 Å². The Hall–Kier alpha value is -2.31. The van der Waals surface area contributed by atoms with Gasteiger partial charge in [0, 0.05) is 15.6 Å². The van der Waals surface area contributed by atoms with Crippen LogP contribution in [0, 0.1) is 0 Å². The van der Waals surface area contributed by atoms with Crippen molar-refractivity contribution in [2.24, 2.45) is 0 Å². The van der Waals surface area contributed by atoms with E-state index in [-0.39, 0.29) is 6.61 Å². The van der Waals surface area contributed by atoms with Crippen LogP contribution in [0.5, 0.6) is 11.5 Å². The molecule has 124 valence electrons. The third-order valence-corrected chi connectivity index (χ3v) is 4.19. The van der Waals surface area contributed by atoms with E-state index in [1.165, 1.54) is 0 Å². The lowest BCUT2D eigenvalue weighted by Crippen LogP contribution is -1.94. The standard InChI is InChI=1S/C18H16BrNO4/c1-22-13-6-7-16(23-2)14(9-13)17-15(10-21)18(24-20-17)11-4-3-5-12(19)8-11/h3-9,21H,10H2,1-2H3. The van der Waals surface area contributed by atoms with Gasteiger partial charge in [-0.3, -0.25) is 0 Å². The molecule has 0 aliphatic carbocycles. The molecule has 24 heavy (non-hydrogen) atoms. The monoisotopic (exact) mass is 389 g/mol. The van der Waals surface area contributed by atoms with Crippen LogP contribution >= 0.6 is 15.9 Å². The maximum absolute atomic E-state index is 9.89. The molecule has 1 heterocycles. The molecule has 3 rings (SSSR count). The van der Waals surface area contributed by atoms with Crippen molar-refractivity contribution in [3.8, 4) is 34.1 Å². The minimum absolute atomic E-state index is 0.207. The maximum atomic E-state index is 9.89. The first kappa shape index (κ1) is 16.5. The summed E-state index contributed by atoms with van der Waals surface area (Å²) in [6, 6.07) is 13.0. The van der Waals surface area contributed by atoms with Crippen molar-refractivity contribution in [2.75, 3.05) is 14.2 Å². The van der Waals surface area contributed by atoms with Gasteiger partial charge in [-0.15, -0.1) is 0 Å². The molecule has 0 radical (unpaired) electrons. The number of aliphatic hydroxyl groups excluding tert-OH is 1. The van der Waals surface area contributed by atoms with E-state index in [0.29, 0.717) is 34.1 Å². The normalized spacial score (nSPS) is 10.7. The highest BCUT2D eigenvalue weighted by Crippen LogP contribution is 2.38. The van der Waals surface area contributed by atoms with Crippen molar-refractivity contribution in [1.29, 1.82) is 0 Å². The van der Waals surface area contributed by atoms with Gasteiger partial charge in [-0.25, -0.2) is 0 Å². The largest absolute Gasteiger partial charge is 0.497 e. The number of hydrogen-bond acceptors (Lipinski definition) is 5. The van der Waals surface area contributed by atoms with Crippen molar-refractivity contribution in [3.05, 3.63) is 52.5 Å². The Balaban J connectivity index is 2.17. The van der Waals surface area contributed by atoms with E-state index in [4.69, 9.17) is 14.0 Å². The third kappa shape index (κ3) is 3.02. The summed E-state index contributed by atoms with van der Waals surface area (Å²) >= 11 is 3.44. The van der Waals surface area contributed by atoms with Crippen LogP contribution in [0.4, 0.5) is 0 Å². The van der Waals surface area contributed by atoms with Gasteiger partial charge in [-0.1, -0.05) is 33.2 Å². The number of hydrogen-bond donors (Lipinski definition) is 1. The number of rotatable bonds is 5. The van der Waals surface area contributed by atoms with Crippen molar-refractivity contribution in [1.82, 2.24) is 5.16 Å². The molecule has 1 N–H and O–H groups in total. The zero-order chi connectivity index (χ0) is 17.1. The van der Waals surface area contributed by atoms with Gasteiger partial charge >= 0.3 is 0 Å². The molecule has 0 amide bonds. The fourth-order valence-electron chi connectivity index (χ4n) is 2.52. The summed E-state index contributed by atoms with van der Waals surface area (Å²) in [5.41, 5.74) is 2.66. The first-order valence-electron chi connectivity index (χ1n) is 7.25. The number of benzene rings is 2. The van der Waals surface area contributed by atoms with Gasteiger partial charge in [0.15, 0.2) is 5.76 Å². The maximum Gasteiger partial charge on any atom is 0.173 e. The number of methoxy groups -OCH3 is 2. The van der Waals surface area contributed by atoms with Crippen molar-refractivity contribution in [2.45, 2.75) is 6.61 Å². The summed E-state index contributed by atoms with van der Waals surface area (Å²) in [6.45, 7) is -0.207. The van der Waals surface area contributed by atoms with Crippen molar-refractivity contribution >= 4 is 15.9 Å². The molecule has 0 saturated carbocycles. The zero-order valence-corrected chi connectivity index (χ0v) is 14.8. The minimum Gasteiger partial charge on any atom is -0.497 e. The average molecular weight is 390 g/mol. The molecule has 0 aliphatic heterocycles. The minimum atomic E-state index is -0.207. The van der Waals surface area contributed by atoms with Crippen LogP contribution in [-0.4, -0.2) is 24.5 Å². The molecule has 0 unspecified atom stereocenters. The van der Waals surface area contributed by atoms with Gasteiger partial charge in [0.2, 0.25) is 0 Å². The van der Waals surface area contributed by atoms with Crippen molar-refractivity contribution < 1.29 is 19.1 Å². The molecule has 0 aliphatic rings. The van der Waals surface area contributed by atoms with Gasteiger partial charge in [-0.2, -0.15) is 0 Å². The second-order valence-corrected chi connectivity index (χ2v) is 5.99. The lowest BCUT2D eigenvalue weighted by Gasteiger charge is -2.09. The first-order chi connectivity index (χ1) is 11.7. The van der Waals surface area contributed by atoms with Gasteiger partial charge in [0.05, 0.1) is 26.4 Å². The third-order valence-electron chi connectivity index (χ3n) is 3.69. The number of aromatic nitrogens is 1. The molecular weight excluding hydrogens is 374 g/mol.